The van der Waals surface area contributed by atoms with Crippen LogP contribution in [0.3, 0.4) is 0 Å². The number of nitrogens with one attached hydrogen (secondary N) is 2. The molecule has 1 saturated heterocycles. The molecule has 0 saturated carbocycles. The highest BCUT2D eigenvalue weighted by molar-refractivity contribution is 6.02. The van der Waals surface area contributed by atoms with Crippen LogP contribution in [0.5, 0.6) is 5.75 Å². The molecule has 0 aromatic heterocycles. The fourth-order valence-corrected chi connectivity index (χ4v) is 4.72. The fraction of sp³-hybridized carbons (Fsp3) is 0.312. The molecule has 3 aromatic carbocycles. The second-order valence-corrected chi connectivity index (χ2v) is 10.1. The Hall–Kier alpha value is -4.00. The molecular weight excluding hydrogens is 494 g/mol. The van der Waals surface area contributed by atoms with Gasteiger partial charge in [0.15, 0.2) is 0 Å². The van der Waals surface area contributed by atoms with E-state index < -0.39 is 6.17 Å². The molecule has 1 atom stereocenters. The van der Waals surface area contributed by atoms with Crippen LogP contribution in [-0.2, 0) is 0 Å². The Bertz CT molecular complexity index is 1360. The Morgan fingerprint density at radius 2 is 1.87 bits per heavy atom. The molecule has 1 aliphatic rings. The molecule has 1 fully saturated rings. The molecule has 1 unspecified atom stereocenters. The largest absolute Gasteiger partial charge is 0.490 e. The number of hydrogen-bond donors (Lipinski definition) is 2. The summed E-state index contributed by atoms with van der Waals surface area (Å²) in [6.45, 7) is 10.9. The number of amidine groups is 1. The minimum Gasteiger partial charge on any atom is -0.490 e. The normalized spacial score (nSPS) is 15.1. The lowest BCUT2D eigenvalue weighted by atomic mass is 10.0. The number of aliphatic imine (C=N–C) groups is 1. The number of benzene rings is 3. The monoisotopic (exact) mass is 530 g/mol. The van der Waals surface area contributed by atoms with Crippen molar-refractivity contribution in [3.8, 4) is 5.75 Å². The first-order chi connectivity index (χ1) is 18.7. The summed E-state index contributed by atoms with van der Waals surface area (Å²) < 4.78 is 33.8. The van der Waals surface area contributed by atoms with Crippen LogP contribution in [0.15, 0.2) is 83.9 Å². The smallest absolute Gasteiger partial charge is 0.131 e. The Balaban J connectivity index is 1.45. The van der Waals surface area contributed by atoms with Crippen LogP contribution in [0.25, 0.3) is 0 Å². The quantitative estimate of drug-likeness (QED) is 0.217. The van der Waals surface area contributed by atoms with Crippen molar-refractivity contribution >= 4 is 28.6 Å². The molecular formula is C32H36F2N4O. The van der Waals surface area contributed by atoms with Crippen LogP contribution in [0.2, 0.25) is 0 Å². The molecule has 7 heteroatoms. The number of halogens is 2. The Morgan fingerprint density at radius 3 is 2.54 bits per heavy atom. The van der Waals surface area contributed by atoms with Gasteiger partial charge in [-0.05, 0) is 74.4 Å². The topological polar surface area (TPSA) is 60.7 Å². The van der Waals surface area contributed by atoms with Gasteiger partial charge in [-0.1, -0.05) is 30.8 Å². The first kappa shape index (κ1) is 28.0. The van der Waals surface area contributed by atoms with Gasteiger partial charge in [-0.2, -0.15) is 0 Å². The van der Waals surface area contributed by atoms with E-state index >= 15 is 0 Å². The summed E-state index contributed by atoms with van der Waals surface area (Å²) in [5.74, 6) is 1.10. The highest BCUT2D eigenvalue weighted by Crippen LogP contribution is 2.29. The lowest BCUT2D eigenvalue weighted by Gasteiger charge is -2.35. The first-order valence-corrected chi connectivity index (χ1v) is 13.3. The van der Waals surface area contributed by atoms with Gasteiger partial charge in [-0.3, -0.25) is 0 Å². The zero-order valence-electron chi connectivity index (χ0n) is 22.8. The van der Waals surface area contributed by atoms with Gasteiger partial charge in [0.1, 0.15) is 29.7 Å². The van der Waals surface area contributed by atoms with Crippen LogP contribution < -0.4 is 10.1 Å². The van der Waals surface area contributed by atoms with Crippen molar-refractivity contribution in [1.29, 1.82) is 5.41 Å². The summed E-state index contributed by atoms with van der Waals surface area (Å²) in [7, 11) is 0. The molecule has 3 aromatic rings. The number of para-hydroxylation sites is 1. The molecule has 204 valence electrons. The van der Waals surface area contributed by atoms with Gasteiger partial charge in [-0.25, -0.2) is 13.8 Å². The van der Waals surface area contributed by atoms with Crippen molar-refractivity contribution in [2.45, 2.75) is 52.3 Å². The fourth-order valence-electron chi connectivity index (χ4n) is 4.72. The van der Waals surface area contributed by atoms with Crippen LogP contribution in [-0.4, -0.2) is 41.8 Å². The van der Waals surface area contributed by atoms with Crippen molar-refractivity contribution < 1.29 is 13.5 Å². The molecule has 4 rings (SSSR count). The molecule has 1 heterocycles. The van der Waals surface area contributed by atoms with E-state index in [9.17, 15) is 8.78 Å². The number of rotatable bonds is 9. The number of likely N-dealkylation sites (tertiary alicyclic amines) is 1. The molecule has 1 aliphatic heterocycles. The van der Waals surface area contributed by atoms with E-state index in [2.05, 4.69) is 16.8 Å². The second kappa shape index (κ2) is 12.7. The standard InChI is InChI=1S/C32H36F2N4O/c1-21-8-5-6-11-30(21)37-32(22(2)18-23(3)33)38-16-14-27(15-17-38)39-28-12-13-31(29(20-28)24(4)35)36-26-10-7-9-25(34)19-26/h5-13,19-20,23,27,35-36H,2,14-18H2,1,3-4H3. The van der Waals surface area contributed by atoms with Gasteiger partial charge in [0, 0.05) is 55.0 Å². The van der Waals surface area contributed by atoms with E-state index in [1.807, 2.05) is 49.4 Å². The number of aryl methyl sites for hydroxylation is 1. The van der Waals surface area contributed by atoms with Gasteiger partial charge in [-0.15, -0.1) is 0 Å². The molecule has 39 heavy (non-hydrogen) atoms. The third kappa shape index (κ3) is 7.53. The number of nitrogens with zero attached hydrogens (tertiary/aromatic N) is 2. The lowest BCUT2D eigenvalue weighted by Crippen LogP contribution is -2.42. The average molecular weight is 531 g/mol. The number of alkyl halides is 1. The third-order valence-electron chi connectivity index (χ3n) is 6.73. The van der Waals surface area contributed by atoms with Gasteiger partial charge in [0.05, 0.1) is 5.69 Å². The predicted octanol–water partition coefficient (Wildman–Crippen LogP) is 8.14. The minimum atomic E-state index is -0.995. The molecule has 0 radical (unpaired) electrons. The van der Waals surface area contributed by atoms with Gasteiger partial charge >= 0.3 is 0 Å². The highest BCUT2D eigenvalue weighted by atomic mass is 19.1. The zero-order chi connectivity index (χ0) is 27.9. The Kier molecular flexibility index (Phi) is 9.12. The summed E-state index contributed by atoms with van der Waals surface area (Å²) in [4.78, 5) is 7.08. The van der Waals surface area contributed by atoms with Crippen molar-refractivity contribution in [2.24, 2.45) is 4.99 Å². The first-order valence-electron chi connectivity index (χ1n) is 13.3. The molecule has 0 bridgehead atoms. The van der Waals surface area contributed by atoms with E-state index in [0.717, 1.165) is 29.9 Å². The van der Waals surface area contributed by atoms with Gasteiger partial charge in [0.25, 0.3) is 0 Å². The third-order valence-corrected chi connectivity index (χ3v) is 6.73. The minimum absolute atomic E-state index is 0.00440. The number of ether oxygens (including phenoxy) is 1. The summed E-state index contributed by atoms with van der Waals surface area (Å²) in [5.41, 5.74) is 5.02. The van der Waals surface area contributed by atoms with Gasteiger partial charge in [0.2, 0.25) is 0 Å². The second-order valence-electron chi connectivity index (χ2n) is 10.1. The van der Waals surface area contributed by atoms with Crippen molar-refractivity contribution in [3.63, 3.8) is 0 Å². The maximum atomic E-state index is 13.9. The van der Waals surface area contributed by atoms with Crippen molar-refractivity contribution in [3.05, 3.63) is 95.8 Å². The SMILES string of the molecule is C=C(CC(C)F)C(=Nc1ccccc1C)N1CCC(Oc2ccc(Nc3cccc(F)c3)c(C(C)=N)c2)CC1. The lowest BCUT2D eigenvalue weighted by molar-refractivity contribution is 0.131. The molecule has 0 amide bonds. The van der Waals surface area contributed by atoms with E-state index in [1.165, 1.54) is 12.1 Å². The summed E-state index contributed by atoms with van der Waals surface area (Å²) in [5, 5.41) is 11.4. The maximum Gasteiger partial charge on any atom is 0.131 e. The maximum absolute atomic E-state index is 13.9. The van der Waals surface area contributed by atoms with Crippen LogP contribution >= 0.6 is 0 Å². The summed E-state index contributed by atoms with van der Waals surface area (Å²) in [6, 6.07) is 19.7. The van der Waals surface area contributed by atoms with E-state index in [4.69, 9.17) is 15.1 Å². The van der Waals surface area contributed by atoms with Crippen LogP contribution in [0, 0.1) is 18.2 Å². The van der Waals surface area contributed by atoms with Crippen LogP contribution in [0.4, 0.5) is 25.8 Å². The summed E-state index contributed by atoms with van der Waals surface area (Å²) >= 11 is 0. The average Bonchev–Trinajstić information content (AvgIpc) is 2.89. The molecule has 2 N–H and O–H groups in total. The van der Waals surface area contributed by atoms with E-state index in [-0.39, 0.29) is 18.3 Å². The Labute approximate surface area is 229 Å². The zero-order valence-corrected chi connectivity index (χ0v) is 22.8. The van der Waals surface area contributed by atoms with E-state index in [1.54, 1.807) is 26.0 Å². The predicted molar refractivity (Wildman–Crippen MR) is 156 cm³/mol. The molecule has 0 spiro atoms. The Morgan fingerprint density at radius 1 is 1.13 bits per heavy atom. The summed E-state index contributed by atoms with van der Waals surface area (Å²) in [6.07, 6.45) is 0.782. The van der Waals surface area contributed by atoms with Crippen LogP contribution in [0.1, 0.15) is 44.2 Å². The molecule has 5 nitrogen and oxygen atoms in total. The van der Waals surface area contributed by atoms with E-state index in [0.29, 0.717) is 47.1 Å². The molecule has 0 aliphatic carbocycles. The van der Waals surface area contributed by atoms with Crippen molar-refractivity contribution in [1.82, 2.24) is 4.90 Å². The van der Waals surface area contributed by atoms with Crippen molar-refractivity contribution in [2.75, 3.05) is 18.4 Å². The number of piperidine rings is 1. The number of anilines is 2. The highest BCUT2D eigenvalue weighted by Gasteiger charge is 2.25. The van der Waals surface area contributed by atoms with Gasteiger partial charge < -0.3 is 20.4 Å². The number of hydrogen-bond acceptors (Lipinski definition) is 4.